The molecule has 152 valence electrons. The molecule has 0 spiro atoms. The van der Waals surface area contributed by atoms with Crippen LogP contribution < -0.4 is 14.9 Å². The molecule has 1 heterocycles. The summed E-state index contributed by atoms with van der Waals surface area (Å²) in [7, 11) is 0. The lowest BCUT2D eigenvalue weighted by atomic mass is 10.0. The lowest BCUT2D eigenvalue weighted by Gasteiger charge is -2.14. The summed E-state index contributed by atoms with van der Waals surface area (Å²) in [4.78, 5) is 24.6. The molecule has 6 heteroatoms. The van der Waals surface area contributed by atoms with E-state index in [1.54, 1.807) is 32.0 Å². The number of benzene rings is 2. The number of rotatable bonds is 7. The summed E-state index contributed by atoms with van der Waals surface area (Å²) >= 11 is 0. The quantitative estimate of drug-likeness (QED) is 0.521. The molecular weight excluding hydrogens is 372 g/mol. The van der Waals surface area contributed by atoms with E-state index in [4.69, 9.17) is 18.6 Å². The van der Waals surface area contributed by atoms with Gasteiger partial charge in [0, 0.05) is 6.07 Å². The van der Waals surface area contributed by atoms with Crippen LogP contribution in [0.3, 0.4) is 0 Å². The van der Waals surface area contributed by atoms with Crippen molar-refractivity contribution in [3.05, 3.63) is 64.5 Å². The Morgan fingerprint density at radius 1 is 1.07 bits per heavy atom. The summed E-state index contributed by atoms with van der Waals surface area (Å²) in [6.07, 6.45) is 0.523. The van der Waals surface area contributed by atoms with Crippen molar-refractivity contribution < 1.29 is 23.4 Å². The maximum atomic E-state index is 12.8. The Morgan fingerprint density at radius 3 is 2.55 bits per heavy atom. The molecule has 3 aromatic rings. The van der Waals surface area contributed by atoms with E-state index in [1.807, 2.05) is 24.3 Å². The van der Waals surface area contributed by atoms with Gasteiger partial charge in [0.05, 0.1) is 12.0 Å². The van der Waals surface area contributed by atoms with Crippen LogP contribution in [-0.2, 0) is 9.53 Å². The first-order valence-corrected chi connectivity index (χ1v) is 9.56. The van der Waals surface area contributed by atoms with E-state index in [2.05, 4.69) is 13.8 Å². The predicted octanol–water partition coefficient (Wildman–Crippen LogP) is 5.04. The summed E-state index contributed by atoms with van der Waals surface area (Å²) in [6.45, 7) is 7.73. The minimum atomic E-state index is -0.769. The zero-order chi connectivity index (χ0) is 21.0. The average Bonchev–Trinajstić information content (AvgIpc) is 2.70. The molecule has 1 aromatic heterocycles. The van der Waals surface area contributed by atoms with E-state index in [-0.39, 0.29) is 23.7 Å². The third-order valence-electron chi connectivity index (χ3n) is 4.41. The van der Waals surface area contributed by atoms with Gasteiger partial charge in [0.2, 0.25) is 11.2 Å². The maximum absolute atomic E-state index is 12.8. The van der Waals surface area contributed by atoms with Crippen LogP contribution in [-0.4, -0.2) is 18.7 Å². The molecule has 0 aliphatic carbocycles. The Hall–Kier alpha value is -3.28. The van der Waals surface area contributed by atoms with Gasteiger partial charge >= 0.3 is 5.97 Å². The van der Waals surface area contributed by atoms with Gasteiger partial charge < -0.3 is 18.6 Å². The highest BCUT2D eigenvalue weighted by Gasteiger charge is 2.17. The summed E-state index contributed by atoms with van der Waals surface area (Å²) in [5, 5.41) is 0.362. The van der Waals surface area contributed by atoms with Crippen LogP contribution in [0, 0.1) is 0 Å². The summed E-state index contributed by atoms with van der Waals surface area (Å²) in [5.74, 6) is 0.929. The Morgan fingerprint density at radius 2 is 1.83 bits per heavy atom. The molecule has 1 atom stereocenters. The molecule has 1 unspecified atom stereocenters. The van der Waals surface area contributed by atoms with Gasteiger partial charge in [-0.1, -0.05) is 32.0 Å². The van der Waals surface area contributed by atoms with Crippen molar-refractivity contribution in [2.24, 2.45) is 0 Å². The normalized spacial score (nSPS) is 12.0. The highest BCUT2D eigenvalue weighted by atomic mass is 16.6. The Labute approximate surface area is 169 Å². The number of para-hydroxylation sites is 1. The van der Waals surface area contributed by atoms with Crippen molar-refractivity contribution in [1.29, 1.82) is 0 Å². The van der Waals surface area contributed by atoms with Gasteiger partial charge in [-0.3, -0.25) is 4.79 Å². The van der Waals surface area contributed by atoms with E-state index in [1.165, 1.54) is 6.26 Å². The van der Waals surface area contributed by atoms with Gasteiger partial charge in [0.25, 0.3) is 0 Å². The minimum Gasteiger partial charge on any atom is -0.479 e. The van der Waals surface area contributed by atoms with Crippen LogP contribution >= 0.6 is 0 Å². The first kappa shape index (κ1) is 20.5. The summed E-state index contributed by atoms with van der Waals surface area (Å²) < 4.78 is 22.0. The zero-order valence-corrected chi connectivity index (χ0v) is 16.9. The van der Waals surface area contributed by atoms with Crippen molar-refractivity contribution in [2.45, 2.75) is 39.7 Å². The Kier molecular flexibility index (Phi) is 6.22. The molecule has 3 rings (SSSR count). The average molecular weight is 396 g/mol. The van der Waals surface area contributed by atoms with E-state index in [0.29, 0.717) is 22.5 Å². The number of fused-ring (bicyclic) bond motifs is 1. The highest BCUT2D eigenvalue weighted by Crippen LogP contribution is 2.30. The summed E-state index contributed by atoms with van der Waals surface area (Å²) in [6, 6.07) is 12.4. The zero-order valence-electron chi connectivity index (χ0n) is 16.9. The van der Waals surface area contributed by atoms with Crippen LogP contribution in [0.1, 0.15) is 39.2 Å². The molecule has 0 fully saturated rings. The second-order valence-electron chi connectivity index (χ2n) is 6.89. The topological polar surface area (TPSA) is 75.0 Å². The second-order valence-corrected chi connectivity index (χ2v) is 6.89. The van der Waals surface area contributed by atoms with Gasteiger partial charge in [-0.25, -0.2) is 4.79 Å². The number of carbonyl (C=O) groups excluding carboxylic acids is 1. The van der Waals surface area contributed by atoms with Crippen molar-refractivity contribution in [2.75, 3.05) is 6.61 Å². The molecule has 0 saturated carbocycles. The van der Waals surface area contributed by atoms with Crippen molar-refractivity contribution >= 4 is 16.9 Å². The molecule has 29 heavy (non-hydrogen) atoms. The van der Waals surface area contributed by atoms with Crippen LogP contribution in [0.5, 0.6) is 17.2 Å². The number of carbonyl (C=O) groups is 1. The first-order chi connectivity index (χ1) is 13.9. The van der Waals surface area contributed by atoms with E-state index < -0.39 is 12.1 Å². The van der Waals surface area contributed by atoms with Gasteiger partial charge in [-0.05, 0) is 43.5 Å². The van der Waals surface area contributed by atoms with E-state index in [9.17, 15) is 9.59 Å². The van der Waals surface area contributed by atoms with Crippen LogP contribution in [0.4, 0.5) is 0 Å². The molecule has 2 aromatic carbocycles. The van der Waals surface area contributed by atoms with Crippen molar-refractivity contribution in [3.63, 3.8) is 0 Å². The van der Waals surface area contributed by atoms with Crippen LogP contribution in [0.2, 0.25) is 0 Å². The second kappa shape index (κ2) is 8.82. The van der Waals surface area contributed by atoms with Gasteiger partial charge in [0.15, 0.2) is 6.10 Å². The fraction of sp³-hybridized carbons (Fsp3) is 0.304. The van der Waals surface area contributed by atoms with Gasteiger partial charge in [-0.15, -0.1) is 0 Å². The standard InChI is InChI=1S/C23H24O6/c1-5-26-23(25)15(4)28-16-10-11-18-20(12-16)27-13-21(22(18)24)29-19-9-7-6-8-17(19)14(2)3/h6-15H,5H2,1-4H3. The molecule has 0 bridgehead atoms. The smallest absolute Gasteiger partial charge is 0.347 e. The highest BCUT2D eigenvalue weighted by molar-refractivity contribution is 5.79. The molecule has 0 N–H and O–H groups in total. The van der Waals surface area contributed by atoms with Crippen molar-refractivity contribution in [3.8, 4) is 17.2 Å². The third-order valence-corrected chi connectivity index (χ3v) is 4.41. The third kappa shape index (κ3) is 4.59. The minimum absolute atomic E-state index is 0.110. The lowest BCUT2D eigenvalue weighted by Crippen LogP contribution is -2.26. The number of ether oxygens (including phenoxy) is 3. The fourth-order valence-corrected chi connectivity index (χ4v) is 2.92. The van der Waals surface area contributed by atoms with Crippen LogP contribution in [0.25, 0.3) is 11.0 Å². The number of esters is 1. The first-order valence-electron chi connectivity index (χ1n) is 9.56. The molecule has 0 amide bonds. The van der Waals surface area contributed by atoms with Gasteiger partial charge in [0.1, 0.15) is 23.3 Å². The number of hydrogen-bond acceptors (Lipinski definition) is 6. The van der Waals surface area contributed by atoms with Gasteiger partial charge in [-0.2, -0.15) is 0 Å². The van der Waals surface area contributed by atoms with E-state index in [0.717, 1.165) is 5.56 Å². The van der Waals surface area contributed by atoms with Crippen LogP contribution in [0.15, 0.2) is 57.9 Å². The van der Waals surface area contributed by atoms with Crippen molar-refractivity contribution in [1.82, 2.24) is 0 Å². The molecule has 0 aliphatic heterocycles. The fourth-order valence-electron chi connectivity index (χ4n) is 2.92. The summed E-state index contributed by atoms with van der Waals surface area (Å²) in [5.41, 5.74) is 1.06. The largest absolute Gasteiger partial charge is 0.479 e. The molecule has 0 radical (unpaired) electrons. The molecule has 0 saturated heterocycles. The molecule has 6 nitrogen and oxygen atoms in total. The Bertz CT molecular complexity index is 1070. The Balaban J connectivity index is 1.88. The molecule has 0 aliphatic rings. The van der Waals surface area contributed by atoms with E-state index >= 15 is 0 Å². The SMILES string of the molecule is CCOC(=O)C(C)Oc1ccc2c(=O)c(Oc3ccccc3C(C)C)coc2c1. The number of hydrogen-bond donors (Lipinski definition) is 0. The lowest BCUT2D eigenvalue weighted by molar-refractivity contribution is -0.150. The molecular formula is C23H24O6. The predicted molar refractivity (Wildman–Crippen MR) is 110 cm³/mol. The monoisotopic (exact) mass is 396 g/mol. The maximum Gasteiger partial charge on any atom is 0.347 e.